The van der Waals surface area contributed by atoms with Gasteiger partial charge < -0.3 is 4.42 Å². The Kier molecular flexibility index (Phi) is 0.530. The molecule has 0 saturated carbocycles. The molecule has 0 aromatic carbocycles. The maximum absolute atomic E-state index is 6.94. The van der Waals surface area contributed by atoms with Gasteiger partial charge in [0.05, 0.1) is 2.74 Å². The van der Waals surface area contributed by atoms with Crippen LogP contribution in [0.4, 0.5) is 0 Å². The Hall–Kier alpha value is -0.570. The van der Waals surface area contributed by atoms with Crippen LogP contribution in [0.1, 0.15) is 18.6 Å². The summed E-state index contributed by atoms with van der Waals surface area (Å²) in [7, 11) is 0. The van der Waals surface area contributed by atoms with Gasteiger partial charge in [-0.3, -0.25) is 0 Å². The van der Waals surface area contributed by atoms with Crippen molar-refractivity contribution in [2.24, 2.45) is 0 Å². The summed E-state index contributed by atoms with van der Waals surface area (Å²) >= 11 is 5.18. The second-order valence-electron chi connectivity index (χ2n) is 1.01. The lowest BCUT2D eigenvalue weighted by atomic mass is 10.8. The zero-order valence-corrected chi connectivity index (χ0v) is 4.44. The quantitative estimate of drug-likeness (QED) is 0.545. The molecule has 1 aromatic rings. The summed E-state index contributed by atoms with van der Waals surface area (Å²) in [4.78, 5) is 0. The van der Waals surface area contributed by atoms with Gasteiger partial charge in [0, 0.05) is 11.0 Å². The molecule has 0 aliphatic carbocycles. The van der Waals surface area contributed by atoms with Gasteiger partial charge in [0.25, 0.3) is 0 Å². The summed E-state index contributed by atoms with van der Waals surface area (Å²) in [5.74, 6) is -3.51. The molecule has 44 valence electrons. The molecule has 1 heterocycles. The van der Waals surface area contributed by atoms with Crippen molar-refractivity contribution in [2.45, 2.75) is 12.7 Å². The number of alkyl halides is 1. The fourth-order valence-electron chi connectivity index (χ4n) is 0.261. The molecule has 0 bridgehead atoms. The van der Waals surface area contributed by atoms with Crippen molar-refractivity contribution in [3.63, 3.8) is 0 Å². The number of aryl methyl sites for hydroxylation is 1. The number of nitrogens with zero attached hydrogens (tertiary/aromatic N) is 2. The first-order chi connectivity index (χ1) is 5.71. The maximum Gasteiger partial charge on any atom is 0.231 e. The van der Waals surface area contributed by atoms with Crippen molar-refractivity contribution in [1.29, 1.82) is 0 Å². The molecule has 4 heteroatoms. The zero-order valence-electron chi connectivity index (χ0n) is 8.68. The topological polar surface area (TPSA) is 38.9 Å². The minimum Gasteiger partial charge on any atom is -0.424 e. The van der Waals surface area contributed by atoms with E-state index in [4.69, 9.17) is 18.5 Å². The summed E-state index contributed by atoms with van der Waals surface area (Å²) in [6.07, 6.45) is 0. The largest absolute Gasteiger partial charge is 0.424 e. The van der Waals surface area contributed by atoms with Crippen molar-refractivity contribution < 1.29 is 11.3 Å². The van der Waals surface area contributed by atoms with E-state index in [1.165, 1.54) is 0 Å². The molecule has 0 aliphatic rings. The highest BCUT2D eigenvalue weighted by Crippen LogP contribution is 1.99. The van der Waals surface area contributed by atoms with Gasteiger partial charge in [-0.2, -0.15) is 0 Å². The lowest BCUT2D eigenvalue weighted by Gasteiger charge is -1.76. The number of hydrogen-bond acceptors (Lipinski definition) is 3. The Morgan fingerprint density at radius 3 is 3.25 bits per heavy atom. The molecule has 0 aliphatic heterocycles. The van der Waals surface area contributed by atoms with E-state index in [1.54, 1.807) is 0 Å². The van der Waals surface area contributed by atoms with Gasteiger partial charge in [-0.05, 0) is 0 Å². The van der Waals surface area contributed by atoms with Gasteiger partial charge in [-0.1, -0.05) is 0 Å². The van der Waals surface area contributed by atoms with E-state index in [1.807, 2.05) is 0 Å². The maximum atomic E-state index is 6.94. The highest BCUT2D eigenvalue weighted by Gasteiger charge is 1.96. The van der Waals surface area contributed by atoms with Crippen molar-refractivity contribution in [3.8, 4) is 0 Å². The SMILES string of the molecule is [2H]C([2H])([2H])c1nnc(C([2H])([2H])Cl)o1. The third kappa shape index (κ3) is 0.980. The minimum atomic E-state index is -2.53. The van der Waals surface area contributed by atoms with E-state index in [0.717, 1.165) is 0 Å². The summed E-state index contributed by atoms with van der Waals surface area (Å²) in [6.45, 7) is -2.53. The average Bonchev–Trinajstić information content (AvgIpc) is 2.28. The highest BCUT2D eigenvalue weighted by molar-refractivity contribution is 6.16. The van der Waals surface area contributed by atoms with Gasteiger partial charge in [0.1, 0.15) is 5.83 Å². The van der Waals surface area contributed by atoms with Crippen LogP contribution in [-0.2, 0) is 5.83 Å². The number of hydrogen-bond donors (Lipinski definition) is 0. The molecule has 0 unspecified atom stereocenters. The van der Waals surface area contributed by atoms with Crippen LogP contribution in [0.2, 0.25) is 0 Å². The molecule has 8 heavy (non-hydrogen) atoms. The summed E-state index contributed by atoms with van der Waals surface area (Å²) in [5.41, 5.74) is 0. The van der Waals surface area contributed by atoms with Crippen LogP contribution in [0, 0.1) is 6.85 Å². The van der Waals surface area contributed by atoms with Gasteiger partial charge >= 0.3 is 0 Å². The Balaban J connectivity index is 3.01. The second kappa shape index (κ2) is 2.13. The predicted octanol–water partition coefficient (Wildman–Crippen LogP) is 1.12. The molecule has 3 nitrogen and oxygen atoms in total. The fraction of sp³-hybridized carbons (Fsp3) is 0.500. The molecule has 0 saturated heterocycles. The number of rotatable bonds is 1. The van der Waals surface area contributed by atoms with Crippen molar-refractivity contribution in [1.82, 2.24) is 10.2 Å². The molecule has 0 spiro atoms. The van der Waals surface area contributed by atoms with Crippen LogP contribution >= 0.6 is 11.6 Å². The lowest BCUT2D eigenvalue weighted by Crippen LogP contribution is -1.73. The van der Waals surface area contributed by atoms with Crippen molar-refractivity contribution in [2.75, 3.05) is 0 Å². The Bertz CT molecular complexity index is 274. The van der Waals surface area contributed by atoms with E-state index < -0.39 is 24.5 Å². The number of aromatic nitrogens is 2. The Labute approximate surface area is 58.7 Å². The average molecular weight is 138 g/mol. The van der Waals surface area contributed by atoms with E-state index in [0.29, 0.717) is 0 Å². The van der Waals surface area contributed by atoms with Crippen LogP contribution in [0.3, 0.4) is 0 Å². The van der Waals surface area contributed by atoms with Crippen molar-refractivity contribution in [3.05, 3.63) is 11.8 Å². The van der Waals surface area contributed by atoms with Crippen LogP contribution in [0.25, 0.3) is 0 Å². The van der Waals surface area contributed by atoms with Crippen LogP contribution in [0.15, 0.2) is 4.42 Å². The molecule has 1 aromatic heterocycles. The zero-order chi connectivity index (χ0) is 10.3. The van der Waals surface area contributed by atoms with Crippen LogP contribution in [0.5, 0.6) is 0 Å². The minimum absolute atomic E-state index is 0.555. The standard InChI is InChI=1S/C4H5ClN2O/c1-3-6-7-4(2-5)8-3/h2H2,1H3/i1D3,2D2. The fourth-order valence-corrected chi connectivity index (χ4v) is 0.338. The second-order valence-corrected chi connectivity index (χ2v) is 1.20. The number of halogens is 1. The molecule has 0 N–H and O–H groups in total. The van der Waals surface area contributed by atoms with Gasteiger partial charge in [0.15, 0.2) is 0 Å². The van der Waals surface area contributed by atoms with Crippen molar-refractivity contribution >= 4 is 11.6 Å². The normalized spacial score (nSPS) is 22.4. The van der Waals surface area contributed by atoms with E-state index >= 15 is 0 Å². The molecular formula is C4H5ClN2O. The molecule has 0 atom stereocenters. The predicted molar refractivity (Wildman–Crippen MR) is 28.6 cm³/mol. The van der Waals surface area contributed by atoms with Gasteiger partial charge in [-0.15, -0.1) is 21.8 Å². The summed E-state index contributed by atoms with van der Waals surface area (Å²) in [6, 6.07) is 0. The first-order valence-corrected chi connectivity index (χ1v) is 2.12. The van der Waals surface area contributed by atoms with Gasteiger partial charge in [0.2, 0.25) is 11.8 Å². The molecular weight excluding hydrogens is 128 g/mol. The summed E-state index contributed by atoms with van der Waals surface area (Å²) in [5, 5.41) is 6.32. The first-order valence-electron chi connectivity index (χ1n) is 4.24. The smallest absolute Gasteiger partial charge is 0.231 e. The monoisotopic (exact) mass is 137 g/mol. The molecule has 1 rings (SSSR count). The Morgan fingerprint density at radius 1 is 2.00 bits per heavy atom. The molecule has 0 amide bonds. The Morgan fingerprint density at radius 2 is 2.88 bits per heavy atom. The van der Waals surface area contributed by atoms with Crippen LogP contribution < -0.4 is 0 Å². The lowest BCUT2D eigenvalue weighted by molar-refractivity contribution is 0.484. The van der Waals surface area contributed by atoms with Gasteiger partial charge in [-0.25, -0.2) is 0 Å². The first kappa shape index (κ1) is 1.99. The summed E-state index contributed by atoms with van der Waals surface area (Å²) < 4.78 is 39.0. The van der Waals surface area contributed by atoms with E-state index in [-0.39, 0.29) is 0 Å². The third-order valence-electron chi connectivity index (χ3n) is 0.506. The molecule has 0 radical (unpaired) electrons. The highest BCUT2D eigenvalue weighted by atomic mass is 35.5. The molecule has 0 fully saturated rings. The van der Waals surface area contributed by atoms with E-state index in [2.05, 4.69) is 14.6 Å². The van der Waals surface area contributed by atoms with E-state index in [9.17, 15) is 0 Å². The third-order valence-corrected chi connectivity index (χ3v) is 0.667. The van der Waals surface area contributed by atoms with Crippen LogP contribution in [-0.4, -0.2) is 10.2 Å².